The fourth-order valence-electron chi connectivity index (χ4n) is 2.36. The second-order valence-corrected chi connectivity index (χ2v) is 13.1. The zero-order chi connectivity index (χ0) is 18.8. The van der Waals surface area contributed by atoms with Crippen molar-refractivity contribution < 1.29 is 19.0 Å². The van der Waals surface area contributed by atoms with E-state index in [4.69, 9.17) is 19.0 Å². The first kappa shape index (κ1) is 23.8. The molecule has 0 aliphatic carbocycles. The van der Waals surface area contributed by atoms with E-state index in [0.29, 0.717) is 19.3 Å². The van der Waals surface area contributed by atoms with Gasteiger partial charge in [0, 0.05) is 19.8 Å². The van der Waals surface area contributed by atoms with Gasteiger partial charge in [0.1, 0.15) is 6.79 Å². The number of rotatable bonds is 12. The highest BCUT2D eigenvalue weighted by Crippen LogP contribution is 2.38. The average Bonchev–Trinajstić information content (AvgIpc) is 2.42. The van der Waals surface area contributed by atoms with Crippen LogP contribution in [0.4, 0.5) is 0 Å². The molecule has 0 fully saturated rings. The van der Waals surface area contributed by atoms with Crippen LogP contribution in [0.15, 0.2) is 11.6 Å². The van der Waals surface area contributed by atoms with E-state index in [1.165, 1.54) is 5.57 Å². The molecule has 0 bridgehead atoms. The molecule has 1 unspecified atom stereocenters. The van der Waals surface area contributed by atoms with Crippen LogP contribution in [0.25, 0.3) is 0 Å². The van der Waals surface area contributed by atoms with Gasteiger partial charge >= 0.3 is 0 Å². The van der Waals surface area contributed by atoms with Crippen molar-refractivity contribution in [3.63, 3.8) is 0 Å². The standard InChI is InChI=1S/C19H40O4Si/c1-16(9-11-20)13-18(23-24(7,8)19(3,4)5)14-17(2)10-12-22-15-21-6/h9,17-18,20H,10-15H2,1-8H3/b16-9-/t17-,18?/m0/s1. The maximum absolute atomic E-state index is 9.12. The van der Waals surface area contributed by atoms with Crippen LogP contribution in [0, 0.1) is 5.92 Å². The van der Waals surface area contributed by atoms with E-state index < -0.39 is 8.32 Å². The second-order valence-electron chi connectivity index (χ2n) is 8.38. The van der Waals surface area contributed by atoms with E-state index in [1.54, 1.807) is 7.11 Å². The highest BCUT2D eigenvalue weighted by atomic mass is 28.4. The molecule has 0 saturated heterocycles. The molecule has 24 heavy (non-hydrogen) atoms. The lowest BCUT2D eigenvalue weighted by atomic mass is 9.96. The highest BCUT2D eigenvalue weighted by molar-refractivity contribution is 6.74. The van der Waals surface area contributed by atoms with E-state index in [1.807, 2.05) is 6.08 Å². The molecule has 144 valence electrons. The van der Waals surface area contributed by atoms with E-state index in [9.17, 15) is 0 Å². The summed E-state index contributed by atoms with van der Waals surface area (Å²) in [6.45, 7) is 16.9. The van der Waals surface area contributed by atoms with Gasteiger partial charge in [0.2, 0.25) is 0 Å². The van der Waals surface area contributed by atoms with Gasteiger partial charge in [0.25, 0.3) is 0 Å². The predicted octanol–water partition coefficient (Wildman–Crippen LogP) is 4.74. The molecule has 0 aliphatic heterocycles. The van der Waals surface area contributed by atoms with Crippen LogP contribution < -0.4 is 0 Å². The van der Waals surface area contributed by atoms with E-state index >= 15 is 0 Å². The molecule has 0 aromatic heterocycles. The summed E-state index contributed by atoms with van der Waals surface area (Å²) in [4.78, 5) is 0. The summed E-state index contributed by atoms with van der Waals surface area (Å²) in [7, 11) is -0.168. The Morgan fingerprint density at radius 3 is 2.38 bits per heavy atom. The molecule has 0 radical (unpaired) electrons. The van der Waals surface area contributed by atoms with Gasteiger partial charge < -0.3 is 19.0 Å². The molecule has 0 rings (SSSR count). The summed E-state index contributed by atoms with van der Waals surface area (Å²) in [5.41, 5.74) is 1.20. The third-order valence-corrected chi connectivity index (χ3v) is 9.41. The van der Waals surface area contributed by atoms with Gasteiger partial charge in [-0.15, -0.1) is 0 Å². The summed E-state index contributed by atoms with van der Waals surface area (Å²) in [5.74, 6) is 0.526. The summed E-state index contributed by atoms with van der Waals surface area (Å²) in [6, 6.07) is 0. The van der Waals surface area contributed by atoms with Crippen molar-refractivity contribution in [2.45, 2.75) is 78.1 Å². The second kappa shape index (κ2) is 11.4. The van der Waals surface area contributed by atoms with E-state index in [2.05, 4.69) is 47.7 Å². The maximum atomic E-state index is 9.12. The number of aliphatic hydroxyl groups excluding tert-OH is 1. The van der Waals surface area contributed by atoms with E-state index in [-0.39, 0.29) is 17.7 Å². The molecule has 1 N–H and O–H groups in total. The zero-order valence-electron chi connectivity index (χ0n) is 17.1. The number of aliphatic hydroxyl groups is 1. The lowest BCUT2D eigenvalue weighted by Gasteiger charge is -2.40. The average molecular weight is 361 g/mol. The van der Waals surface area contributed by atoms with Crippen molar-refractivity contribution in [2.24, 2.45) is 5.92 Å². The third kappa shape index (κ3) is 9.94. The topological polar surface area (TPSA) is 47.9 Å². The Hall–Kier alpha value is -0.203. The molecule has 0 saturated carbocycles. The van der Waals surface area contributed by atoms with Gasteiger partial charge in [0.15, 0.2) is 8.32 Å². The normalized spacial score (nSPS) is 16.3. The first-order valence-electron chi connectivity index (χ1n) is 9.04. The van der Waals surface area contributed by atoms with Crippen LogP contribution >= 0.6 is 0 Å². The number of ether oxygens (including phenoxy) is 2. The molecule has 0 aromatic carbocycles. The SMILES string of the molecule is COCOCC[C@H](C)CC(C/C(C)=C\CO)O[Si](C)(C)C(C)(C)C. The minimum atomic E-state index is -1.81. The van der Waals surface area contributed by atoms with Crippen LogP contribution in [-0.2, 0) is 13.9 Å². The van der Waals surface area contributed by atoms with E-state index in [0.717, 1.165) is 19.3 Å². The third-order valence-electron chi connectivity index (χ3n) is 4.88. The molecular weight excluding hydrogens is 320 g/mol. The summed E-state index contributed by atoms with van der Waals surface area (Å²) < 4.78 is 17.0. The minimum Gasteiger partial charge on any atom is -0.414 e. The Balaban J connectivity index is 4.78. The van der Waals surface area contributed by atoms with Gasteiger partial charge in [-0.05, 0) is 50.2 Å². The lowest BCUT2D eigenvalue weighted by Crippen LogP contribution is -2.44. The number of methoxy groups -OCH3 is 1. The smallest absolute Gasteiger partial charge is 0.192 e. The Bertz CT molecular complexity index is 361. The zero-order valence-corrected chi connectivity index (χ0v) is 18.1. The molecule has 4 nitrogen and oxygen atoms in total. The van der Waals surface area contributed by atoms with Gasteiger partial charge in [-0.3, -0.25) is 0 Å². The summed E-state index contributed by atoms with van der Waals surface area (Å²) >= 11 is 0. The fraction of sp³-hybridized carbons (Fsp3) is 0.895. The van der Waals surface area contributed by atoms with Crippen LogP contribution in [0.3, 0.4) is 0 Å². The Kier molecular flexibility index (Phi) is 11.3. The molecule has 0 spiro atoms. The predicted molar refractivity (Wildman–Crippen MR) is 104 cm³/mol. The monoisotopic (exact) mass is 360 g/mol. The van der Waals surface area contributed by atoms with Crippen molar-refractivity contribution in [3.05, 3.63) is 11.6 Å². The van der Waals surface area contributed by atoms with Crippen molar-refractivity contribution in [1.82, 2.24) is 0 Å². The first-order valence-corrected chi connectivity index (χ1v) is 11.9. The van der Waals surface area contributed by atoms with Crippen LogP contribution in [0.5, 0.6) is 0 Å². The first-order chi connectivity index (χ1) is 11.0. The van der Waals surface area contributed by atoms with Crippen molar-refractivity contribution >= 4 is 8.32 Å². The Morgan fingerprint density at radius 1 is 1.25 bits per heavy atom. The molecule has 5 heteroatoms. The fourth-order valence-corrected chi connectivity index (χ4v) is 3.72. The van der Waals surface area contributed by atoms with Crippen LogP contribution in [0.1, 0.15) is 53.9 Å². The molecule has 0 amide bonds. The minimum absolute atomic E-state index is 0.0963. The number of hydrogen-bond donors (Lipinski definition) is 1. The molecule has 0 aromatic rings. The van der Waals surface area contributed by atoms with Gasteiger partial charge in [-0.1, -0.05) is 39.3 Å². The van der Waals surface area contributed by atoms with Crippen LogP contribution in [0.2, 0.25) is 18.1 Å². The largest absolute Gasteiger partial charge is 0.414 e. The maximum Gasteiger partial charge on any atom is 0.192 e. The molecule has 2 atom stereocenters. The van der Waals surface area contributed by atoms with Gasteiger partial charge in [-0.25, -0.2) is 0 Å². The lowest BCUT2D eigenvalue weighted by molar-refractivity contribution is -0.0350. The summed E-state index contributed by atoms with van der Waals surface area (Å²) in [6.07, 6.45) is 4.99. The number of hydrogen-bond acceptors (Lipinski definition) is 4. The molecule has 0 heterocycles. The summed E-state index contributed by atoms with van der Waals surface area (Å²) in [5, 5.41) is 9.32. The van der Waals surface area contributed by atoms with Crippen molar-refractivity contribution in [1.29, 1.82) is 0 Å². The van der Waals surface area contributed by atoms with Gasteiger partial charge in [-0.2, -0.15) is 0 Å². The molecular formula is C19H40O4Si. The Morgan fingerprint density at radius 2 is 1.88 bits per heavy atom. The van der Waals surface area contributed by atoms with Crippen molar-refractivity contribution in [3.8, 4) is 0 Å². The Labute approximate surface area is 150 Å². The quantitative estimate of drug-likeness (QED) is 0.236. The van der Waals surface area contributed by atoms with Crippen LogP contribution in [-0.4, -0.2) is 46.6 Å². The molecule has 0 aliphatic rings. The highest BCUT2D eigenvalue weighted by Gasteiger charge is 2.39. The van der Waals surface area contributed by atoms with Crippen molar-refractivity contribution in [2.75, 3.05) is 27.1 Å². The van der Waals surface area contributed by atoms with Gasteiger partial charge in [0.05, 0.1) is 6.61 Å².